The average molecular weight is 157 g/mol. The number of aliphatic carboxylic acids is 1. The molecule has 0 saturated carbocycles. The smallest absolute Gasteiger partial charge is 0.324 e. The van der Waals surface area contributed by atoms with Crippen molar-refractivity contribution in [3.05, 3.63) is 12.2 Å². The SMILES string of the molecule is CC(C)(C)/C=C/C(N)C(=O)O. The highest BCUT2D eigenvalue weighted by Crippen LogP contribution is 2.14. The van der Waals surface area contributed by atoms with Crippen molar-refractivity contribution >= 4 is 5.97 Å². The van der Waals surface area contributed by atoms with Crippen molar-refractivity contribution < 1.29 is 9.90 Å². The first-order valence-corrected chi connectivity index (χ1v) is 3.51. The second-order valence-electron chi connectivity index (χ2n) is 3.59. The van der Waals surface area contributed by atoms with E-state index in [1.54, 1.807) is 6.08 Å². The third kappa shape index (κ3) is 5.61. The standard InChI is InChI=1S/C8H15NO2/c1-8(2,3)5-4-6(9)7(10)11/h4-6H,9H2,1-3H3,(H,10,11)/b5-4+. The summed E-state index contributed by atoms with van der Waals surface area (Å²) in [5.41, 5.74) is 5.23. The number of nitrogens with two attached hydrogens (primary N) is 1. The number of rotatable bonds is 2. The molecule has 0 rings (SSSR count). The second kappa shape index (κ2) is 3.53. The van der Waals surface area contributed by atoms with Gasteiger partial charge in [0.15, 0.2) is 0 Å². The minimum Gasteiger partial charge on any atom is -0.480 e. The van der Waals surface area contributed by atoms with E-state index in [0.717, 1.165) is 0 Å². The first-order valence-electron chi connectivity index (χ1n) is 3.51. The Bertz CT molecular complexity index is 167. The van der Waals surface area contributed by atoms with Crippen molar-refractivity contribution in [2.45, 2.75) is 26.8 Å². The molecule has 3 nitrogen and oxygen atoms in total. The van der Waals surface area contributed by atoms with Crippen LogP contribution in [0.25, 0.3) is 0 Å². The quantitative estimate of drug-likeness (QED) is 0.588. The summed E-state index contributed by atoms with van der Waals surface area (Å²) in [7, 11) is 0. The maximum absolute atomic E-state index is 10.2. The fraction of sp³-hybridized carbons (Fsp3) is 0.625. The van der Waals surface area contributed by atoms with Gasteiger partial charge in [-0.05, 0) is 5.41 Å². The van der Waals surface area contributed by atoms with Gasteiger partial charge in [0.1, 0.15) is 6.04 Å². The molecule has 0 fully saturated rings. The molecule has 3 heteroatoms. The van der Waals surface area contributed by atoms with Gasteiger partial charge in [0, 0.05) is 0 Å². The summed E-state index contributed by atoms with van der Waals surface area (Å²) in [6.45, 7) is 5.95. The van der Waals surface area contributed by atoms with Crippen molar-refractivity contribution in [3.8, 4) is 0 Å². The Balaban J connectivity index is 4.04. The molecule has 0 aliphatic heterocycles. The lowest BCUT2D eigenvalue weighted by Gasteiger charge is -2.11. The Hall–Kier alpha value is -0.830. The molecule has 0 aliphatic carbocycles. The molecular formula is C8H15NO2. The molecule has 1 unspecified atom stereocenters. The van der Waals surface area contributed by atoms with Crippen LogP contribution in [0.4, 0.5) is 0 Å². The van der Waals surface area contributed by atoms with Gasteiger partial charge >= 0.3 is 5.97 Å². The lowest BCUT2D eigenvalue weighted by Crippen LogP contribution is -2.27. The lowest BCUT2D eigenvalue weighted by molar-refractivity contribution is -0.137. The van der Waals surface area contributed by atoms with Crippen LogP contribution in [0.2, 0.25) is 0 Å². The predicted octanol–water partition coefficient (Wildman–Crippen LogP) is 1.00. The van der Waals surface area contributed by atoms with Crippen molar-refractivity contribution in [1.82, 2.24) is 0 Å². The summed E-state index contributed by atoms with van der Waals surface area (Å²) in [6.07, 6.45) is 3.30. The first-order chi connectivity index (χ1) is 4.83. The first kappa shape index (κ1) is 10.2. The predicted molar refractivity (Wildman–Crippen MR) is 44.2 cm³/mol. The molecule has 0 aromatic heterocycles. The fourth-order valence-electron chi connectivity index (χ4n) is 0.475. The molecular weight excluding hydrogens is 142 g/mol. The Morgan fingerprint density at radius 1 is 1.55 bits per heavy atom. The third-order valence-corrected chi connectivity index (χ3v) is 1.09. The largest absolute Gasteiger partial charge is 0.480 e. The molecule has 0 spiro atoms. The molecule has 0 aromatic carbocycles. The second-order valence-corrected chi connectivity index (χ2v) is 3.59. The van der Waals surface area contributed by atoms with Crippen LogP contribution in [0.5, 0.6) is 0 Å². The number of hydrogen-bond acceptors (Lipinski definition) is 2. The van der Waals surface area contributed by atoms with Crippen LogP contribution >= 0.6 is 0 Å². The van der Waals surface area contributed by atoms with Crippen LogP contribution in [0.15, 0.2) is 12.2 Å². The van der Waals surface area contributed by atoms with Gasteiger partial charge in [0.05, 0.1) is 0 Å². The van der Waals surface area contributed by atoms with E-state index in [4.69, 9.17) is 10.8 Å². The average Bonchev–Trinajstić information content (AvgIpc) is 1.80. The summed E-state index contributed by atoms with van der Waals surface area (Å²) in [5.74, 6) is -0.995. The summed E-state index contributed by atoms with van der Waals surface area (Å²) in [5, 5.41) is 8.40. The minimum atomic E-state index is -0.995. The molecule has 11 heavy (non-hydrogen) atoms. The summed E-state index contributed by atoms with van der Waals surface area (Å²) >= 11 is 0. The summed E-state index contributed by atoms with van der Waals surface area (Å²) in [6, 6.07) is -0.880. The van der Waals surface area contributed by atoms with Crippen molar-refractivity contribution in [3.63, 3.8) is 0 Å². The van der Waals surface area contributed by atoms with Crippen LogP contribution in [0.1, 0.15) is 20.8 Å². The van der Waals surface area contributed by atoms with Gasteiger partial charge < -0.3 is 10.8 Å². The number of carboxylic acids is 1. The van der Waals surface area contributed by atoms with E-state index in [-0.39, 0.29) is 5.41 Å². The van der Waals surface area contributed by atoms with Crippen molar-refractivity contribution in [2.75, 3.05) is 0 Å². The molecule has 0 aromatic rings. The molecule has 64 valence electrons. The van der Waals surface area contributed by atoms with Crippen LogP contribution in [0.3, 0.4) is 0 Å². The highest BCUT2D eigenvalue weighted by Gasteiger charge is 2.09. The minimum absolute atomic E-state index is 0.00688. The lowest BCUT2D eigenvalue weighted by atomic mass is 9.95. The molecule has 0 aliphatic rings. The van der Waals surface area contributed by atoms with Gasteiger partial charge in [-0.2, -0.15) is 0 Å². The highest BCUT2D eigenvalue weighted by molar-refractivity contribution is 5.75. The number of carbonyl (C=O) groups is 1. The van der Waals surface area contributed by atoms with Gasteiger partial charge in [0.25, 0.3) is 0 Å². The zero-order valence-corrected chi connectivity index (χ0v) is 7.16. The van der Waals surface area contributed by atoms with Crippen molar-refractivity contribution in [2.24, 2.45) is 11.1 Å². The Labute approximate surface area is 66.9 Å². The molecule has 1 atom stereocenters. The van der Waals surface area contributed by atoms with E-state index >= 15 is 0 Å². The molecule has 0 radical (unpaired) electrons. The van der Waals surface area contributed by atoms with Crippen molar-refractivity contribution in [1.29, 1.82) is 0 Å². The number of carboxylic acid groups (broad SMARTS) is 1. The van der Waals surface area contributed by atoms with Crippen LogP contribution < -0.4 is 5.73 Å². The molecule has 3 N–H and O–H groups in total. The van der Waals surface area contributed by atoms with Gasteiger partial charge in [0.2, 0.25) is 0 Å². The van der Waals surface area contributed by atoms with Crippen LogP contribution in [0, 0.1) is 5.41 Å². The Morgan fingerprint density at radius 3 is 2.27 bits per heavy atom. The highest BCUT2D eigenvalue weighted by atomic mass is 16.4. The van der Waals surface area contributed by atoms with E-state index < -0.39 is 12.0 Å². The summed E-state index contributed by atoms with van der Waals surface area (Å²) < 4.78 is 0. The number of hydrogen-bond donors (Lipinski definition) is 2. The maximum atomic E-state index is 10.2. The van der Waals surface area contributed by atoms with Crippen LogP contribution in [-0.2, 0) is 4.79 Å². The van der Waals surface area contributed by atoms with E-state index in [0.29, 0.717) is 0 Å². The van der Waals surface area contributed by atoms with Crippen LogP contribution in [-0.4, -0.2) is 17.1 Å². The van der Waals surface area contributed by atoms with Gasteiger partial charge in [-0.25, -0.2) is 0 Å². The van der Waals surface area contributed by atoms with E-state index in [1.165, 1.54) is 6.08 Å². The van der Waals surface area contributed by atoms with E-state index in [1.807, 2.05) is 20.8 Å². The summed E-state index contributed by atoms with van der Waals surface area (Å²) in [4.78, 5) is 10.2. The van der Waals surface area contributed by atoms with E-state index in [2.05, 4.69) is 0 Å². The molecule has 0 saturated heterocycles. The molecule has 0 bridgehead atoms. The molecule has 0 amide bonds. The Morgan fingerprint density at radius 2 is 2.00 bits per heavy atom. The Kier molecular flexibility index (Phi) is 3.26. The maximum Gasteiger partial charge on any atom is 0.324 e. The fourth-order valence-corrected chi connectivity index (χ4v) is 0.475. The van der Waals surface area contributed by atoms with Gasteiger partial charge in [-0.15, -0.1) is 0 Å². The van der Waals surface area contributed by atoms with Gasteiger partial charge in [-0.3, -0.25) is 4.79 Å². The molecule has 0 heterocycles. The normalized spacial score (nSPS) is 15.3. The monoisotopic (exact) mass is 157 g/mol. The van der Waals surface area contributed by atoms with Gasteiger partial charge in [-0.1, -0.05) is 32.9 Å². The zero-order valence-electron chi connectivity index (χ0n) is 7.16. The third-order valence-electron chi connectivity index (χ3n) is 1.09. The number of allylic oxidation sites excluding steroid dienone is 1. The van der Waals surface area contributed by atoms with E-state index in [9.17, 15) is 4.79 Å². The topological polar surface area (TPSA) is 63.3 Å². The zero-order chi connectivity index (χ0) is 9.07.